The molecule has 2 heterocycles. The van der Waals surface area contributed by atoms with Gasteiger partial charge in [-0.05, 0) is 37.6 Å². The van der Waals surface area contributed by atoms with Crippen LogP contribution in [0.3, 0.4) is 0 Å². The molecule has 0 fully saturated rings. The lowest BCUT2D eigenvalue weighted by Gasteiger charge is -2.21. The third kappa shape index (κ3) is 2.76. The van der Waals surface area contributed by atoms with Crippen LogP contribution in [0.2, 0.25) is 0 Å². The van der Waals surface area contributed by atoms with Crippen LogP contribution in [0.25, 0.3) is 0 Å². The van der Waals surface area contributed by atoms with Crippen LogP contribution in [-0.2, 0) is 0 Å². The summed E-state index contributed by atoms with van der Waals surface area (Å²) in [6.45, 7) is 4.16. The molecule has 2 aliphatic rings. The van der Waals surface area contributed by atoms with E-state index in [1.165, 1.54) is 11.1 Å². The van der Waals surface area contributed by atoms with Gasteiger partial charge in [0.25, 0.3) is 5.91 Å². The van der Waals surface area contributed by atoms with E-state index in [2.05, 4.69) is 48.2 Å². The van der Waals surface area contributed by atoms with Crippen LogP contribution in [0, 0.1) is 13.8 Å². The molecule has 2 aromatic rings. The number of ether oxygens (including phenoxy) is 1. The summed E-state index contributed by atoms with van der Waals surface area (Å²) in [5.41, 5.74) is 10.2. The van der Waals surface area contributed by atoms with E-state index in [-0.39, 0.29) is 5.91 Å². The summed E-state index contributed by atoms with van der Waals surface area (Å²) in [6.07, 6.45) is 0. The summed E-state index contributed by atoms with van der Waals surface area (Å²) in [5, 5.41) is 5.50. The number of hydrogen-bond acceptors (Lipinski definition) is 6. The number of hydrogen-bond donors (Lipinski definition) is 3. The number of nitrogens with zero attached hydrogens (tertiary/aromatic N) is 1. The normalized spacial score (nSPS) is 15.2. The number of nitrogens with one attached hydrogen (secondary N) is 3. The van der Waals surface area contributed by atoms with E-state index in [9.17, 15) is 4.79 Å². The maximum absolute atomic E-state index is 12.5. The fourth-order valence-corrected chi connectivity index (χ4v) is 3.76. The van der Waals surface area contributed by atoms with E-state index in [0.29, 0.717) is 22.8 Å². The van der Waals surface area contributed by atoms with Crippen LogP contribution in [0.5, 0.6) is 5.75 Å². The average molecular weight is 354 g/mol. The van der Waals surface area contributed by atoms with E-state index in [1.807, 2.05) is 6.07 Å². The first-order chi connectivity index (χ1) is 12.0. The van der Waals surface area contributed by atoms with Crippen LogP contribution in [0.1, 0.15) is 21.5 Å². The molecule has 6 nitrogen and oxygen atoms in total. The van der Waals surface area contributed by atoms with Gasteiger partial charge in [0.2, 0.25) is 0 Å². The molecule has 2 aromatic carbocycles. The molecule has 0 radical (unpaired) electrons. The molecule has 0 saturated carbocycles. The number of thioether (sulfide) groups is 1. The molecule has 25 heavy (non-hydrogen) atoms. The summed E-state index contributed by atoms with van der Waals surface area (Å²) < 4.78 is 5.28. The van der Waals surface area contributed by atoms with Gasteiger partial charge in [0.15, 0.2) is 5.82 Å². The Bertz CT molecular complexity index is 910. The van der Waals surface area contributed by atoms with E-state index < -0.39 is 0 Å². The predicted molar refractivity (Wildman–Crippen MR) is 98.0 cm³/mol. The lowest BCUT2D eigenvalue weighted by molar-refractivity contribution is 0.0966. The first-order valence-corrected chi connectivity index (χ1v) is 8.69. The number of carbonyl (C=O) groups excluding carboxylic acids is 1. The summed E-state index contributed by atoms with van der Waals surface area (Å²) >= 11 is 1.58. The summed E-state index contributed by atoms with van der Waals surface area (Å²) in [6, 6.07) is 11.7. The quantitative estimate of drug-likeness (QED) is 0.788. The second-order valence-corrected chi connectivity index (χ2v) is 7.02. The average Bonchev–Trinajstić information content (AvgIpc) is 2.92. The van der Waals surface area contributed by atoms with Crippen LogP contribution >= 0.6 is 11.8 Å². The van der Waals surface area contributed by atoms with Gasteiger partial charge in [-0.25, -0.2) is 0 Å². The number of benzene rings is 2. The van der Waals surface area contributed by atoms with Gasteiger partial charge in [-0.1, -0.05) is 29.5 Å². The SMILES string of the molecule is COc1ccc2c(c1)N1NC(=C(Sc3ccc(C)cc3C)N1)NC2=O. The van der Waals surface area contributed by atoms with Gasteiger partial charge in [0.1, 0.15) is 10.8 Å². The van der Waals surface area contributed by atoms with Crippen molar-refractivity contribution in [2.75, 3.05) is 12.2 Å². The number of anilines is 1. The minimum Gasteiger partial charge on any atom is -0.497 e. The van der Waals surface area contributed by atoms with Crippen molar-refractivity contribution in [3.8, 4) is 5.75 Å². The van der Waals surface area contributed by atoms with E-state index >= 15 is 0 Å². The molecule has 0 unspecified atom stereocenters. The Labute approximate surface area is 150 Å². The Morgan fingerprint density at radius 3 is 2.68 bits per heavy atom. The highest BCUT2D eigenvalue weighted by Crippen LogP contribution is 2.35. The fourth-order valence-electron chi connectivity index (χ4n) is 2.85. The van der Waals surface area contributed by atoms with Gasteiger partial charge in [-0.15, -0.1) is 0 Å². The third-order valence-electron chi connectivity index (χ3n) is 4.14. The molecule has 2 aliphatic heterocycles. The smallest absolute Gasteiger partial charge is 0.259 e. The fraction of sp³-hybridized carbons (Fsp3) is 0.167. The molecule has 2 bridgehead atoms. The van der Waals surface area contributed by atoms with Crippen molar-refractivity contribution in [3.05, 3.63) is 63.9 Å². The van der Waals surface area contributed by atoms with Gasteiger partial charge in [-0.3, -0.25) is 15.6 Å². The van der Waals surface area contributed by atoms with E-state index in [1.54, 1.807) is 36.1 Å². The number of amides is 1. The lowest BCUT2D eigenvalue weighted by atomic mass is 10.1. The number of hydrazine groups is 2. The van der Waals surface area contributed by atoms with Gasteiger partial charge in [0.05, 0.1) is 18.4 Å². The van der Waals surface area contributed by atoms with Crippen molar-refractivity contribution in [2.24, 2.45) is 0 Å². The number of methoxy groups -OCH3 is 1. The maximum atomic E-state index is 12.5. The highest BCUT2D eigenvalue weighted by atomic mass is 32.2. The van der Waals surface area contributed by atoms with E-state index in [0.717, 1.165) is 9.92 Å². The predicted octanol–water partition coefficient (Wildman–Crippen LogP) is 2.80. The summed E-state index contributed by atoms with van der Waals surface area (Å²) in [7, 11) is 1.61. The number of rotatable bonds is 3. The van der Waals surface area contributed by atoms with Gasteiger partial charge < -0.3 is 10.1 Å². The Kier molecular flexibility index (Phi) is 3.73. The summed E-state index contributed by atoms with van der Waals surface area (Å²) in [5.74, 6) is 1.18. The minimum absolute atomic E-state index is 0.150. The molecule has 4 rings (SSSR count). The lowest BCUT2D eigenvalue weighted by Crippen LogP contribution is -2.40. The molecule has 1 amide bonds. The molecule has 0 saturated heterocycles. The first-order valence-electron chi connectivity index (χ1n) is 7.87. The summed E-state index contributed by atoms with van der Waals surface area (Å²) in [4.78, 5) is 13.6. The van der Waals surface area contributed by atoms with Gasteiger partial charge >= 0.3 is 0 Å². The largest absolute Gasteiger partial charge is 0.497 e. The number of carbonyl (C=O) groups is 1. The van der Waals surface area contributed by atoms with Crippen molar-refractivity contribution in [3.63, 3.8) is 0 Å². The highest BCUT2D eigenvalue weighted by Gasteiger charge is 2.31. The molecule has 128 valence electrons. The molecule has 7 heteroatoms. The third-order valence-corrected chi connectivity index (χ3v) is 5.31. The van der Waals surface area contributed by atoms with E-state index in [4.69, 9.17) is 4.74 Å². The number of fused-ring (bicyclic) bond motifs is 4. The molecule has 0 aromatic heterocycles. The standard InChI is InChI=1S/C18H18N4O2S/c1-10-4-7-15(11(2)8-10)25-18-16-19-17(23)13-6-5-12(24-3)9-14(13)22(20-16)21-18/h4-9,20-21H,1-3H3,(H,19,23). The molecular formula is C18H18N4O2S. The van der Waals surface area contributed by atoms with Crippen LogP contribution < -0.4 is 26.0 Å². The van der Waals surface area contributed by atoms with Crippen molar-refractivity contribution in [1.29, 1.82) is 0 Å². The monoisotopic (exact) mass is 354 g/mol. The zero-order chi connectivity index (χ0) is 17.6. The van der Waals surface area contributed by atoms with Crippen LogP contribution in [0.15, 0.2) is 52.1 Å². The zero-order valence-corrected chi connectivity index (χ0v) is 15.0. The Morgan fingerprint density at radius 1 is 1.08 bits per heavy atom. The van der Waals surface area contributed by atoms with Crippen molar-refractivity contribution < 1.29 is 9.53 Å². The van der Waals surface area contributed by atoms with Gasteiger partial charge in [-0.2, -0.15) is 5.12 Å². The second kappa shape index (κ2) is 5.93. The second-order valence-electron chi connectivity index (χ2n) is 5.97. The topological polar surface area (TPSA) is 65.6 Å². The van der Waals surface area contributed by atoms with Crippen molar-refractivity contribution in [2.45, 2.75) is 18.7 Å². The molecular weight excluding hydrogens is 336 g/mol. The molecule has 0 spiro atoms. The molecule has 0 aliphatic carbocycles. The minimum atomic E-state index is -0.150. The highest BCUT2D eigenvalue weighted by molar-refractivity contribution is 8.03. The number of aryl methyl sites for hydroxylation is 2. The first kappa shape index (κ1) is 15.7. The zero-order valence-electron chi connectivity index (χ0n) is 14.1. The Balaban J connectivity index is 1.67. The van der Waals surface area contributed by atoms with Crippen LogP contribution in [-0.4, -0.2) is 13.0 Å². The maximum Gasteiger partial charge on any atom is 0.259 e. The van der Waals surface area contributed by atoms with Crippen LogP contribution in [0.4, 0.5) is 5.69 Å². The van der Waals surface area contributed by atoms with Crippen molar-refractivity contribution in [1.82, 2.24) is 16.2 Å². The Hall–Kier alpha value is -2.80. The van der Waals surface area contributed by atoms with Crippen molar-refractivity contribution >= 4 is 23.4 Å². The Morgan fingerprint density at radius 2 is 1.92 bits per heavy atom. The van der Waals surface area contributed by atoms with Gasteiger partial charge in [0, 0.05) is 11.0 Å². The molecule has 3 N–H and O–H groups in total. The molecule has 0 atom stereocenters.